The quantitative estimate of drug-likeness (QED) is 0.775. The van der Waals surface area contributed by atoms with Crippen LogP contribution in [-0.2, 0) is 0 Å². The Morgan fingerprint density at radius 3 is 2.62 bits per heavy atom. The number of amides is 1. The summed E-state index contributed by atoms with van der Waals surface area (Å²) >= 11 is 0. The number of rotatable bonds is 6. The normalized spacial score (nSPS) is 16.8. The molecule has 1 aromatic rings. The largest absolute Gasteiger partial charge is 0.573 e. The number of nitrogens with one attached hydrogen (secondary N) is 1. The van der Waals surface area contributed by atoms with Crippen molar-refractivity contribution in [1.29, 1.82) is 0 Å². The number of hydrogen-bond donors (Lipinski definition) is 2. The van der Waals surface area contributed by atoms with Gasteiger partial charge in [0, 0.05) is 19.6 Å². The fraction of sp³-hybridized carbons (Fsp3) is 0.562. The molecule has 24 heavy (non-hydrogen) atoms. The van der Waals surface area contributed by atoms with Crippen LogP contribution in [0.1, 0.15) is 29.6 Å². The third-order valence-electron chi connectivity index (χ3n) is 3.85. The second kappa shape index (κ2) is 8.34. The SMILES string of the molecule is O=C(NCCCN1CCC(O)CC1)c1ccccc1OC(F)(F)F. The molecule has 2 rings (SSSR count). The van der Waals surface area contributed by atoms with Gasteiger partial charge in [-0.15, -0.1) is 13.2 Å². The van der Waals surface area contributed by atoms with Crippen molar-refractivity contribution in [2.45, 2.75) is 31.7 Å². The lowest BCUT2D eigenvalue weighted by molar-refractivity contribution is -0.274. The molecule has 0 spiro atoms. The van der Waals surface area contributed by atoms with E-state index in [1.54, 1.807) is 0 Å². The molecule has 1 aromatic carbocycles. The number of hydrogen-bond acceptors (Lipinski definition) is 4. The Labute approximate surface area is 138 Å². The summed E-state index contributed by atoms with van der Waals surface area (Å²) in [4.78, 5) is 14.2. The molecule has 134 valence electrons. The number of para-hydroxylation sites is 1. The van der Waals surface area contributed by atoms with Gasteiger partial charge in [-0.1, -0.05) is 12.1 Å². The number of carbonyl (C=O) groups excluding carboxylic acids is 1. The van der Waals surface area contributed by atoms with Crippen molar-refractivity contribution in [3.05, 3.63) is 29.8 Å². The molecule has 1 heterocycles. The van der Waals surface area contributed by atoms with Crippen LogP contribution < -0.4 is 10.1 Å². The Morgan fingerprint density at radius 1 is 1.29 bits per heavy atom. The number of halogens is 3. The second-order valence-electron chi connectivity index (χ2n) is 5.73. The third-order valence-corrected chi connectivity index (χ3v) is 3.85. The predicted octanol–water partition coefficient (Wildman–Crippen LogP) is 2.16. The number of carbonyl (C=O) groups is 1. The van der Waals surface area contributed by atoms with Crippen molar-refractivity contribution >= 4 is 5.91 Å². The number of piperidine rings is 1. The zero-order valence-corrected chi connectivity index (χ0v) is 13.2. The molecule has 0 aromatic heterocycles. The molecule has 0 unspecified atom stereocenters. The second-order valence-corrected chi connectivity index (χ2v) is 5.73. The highest BCUT2D eigenvalue weighted by molar-refractivity contribution is 5.96. The molecule has 0 aliphatic carbocycles. The molecular formula is C16H21F3N2O3. The van der Waals surface area contributed by atoms with Crippen LogP contribution in [0.15, 0.2) is 24.3 Å². The molecule has 1 amide bonds. The van der Waals surface area contributed by atoms with E-state index >= 15 is 0 Å². The Kier molecular flexibility index (Phi) is 6.44. The molecule has 2 N–H and O–H groups in total. The van der Waals surface area contributed by atoms with Crippen molar-refractivity contribution in [2.75, 3.05) is 26.2 Å². The van der Waals surface area contributed by atoms with Crippen LogP contribution in [-0.4, -0.2) is 54.6 Å². The van der Waals surface area contributed by atoms with Gasteiger partial charge >= 0.3 is 6.36 Å². The van der Waals surface area contributed by atoms with Gasteiger partial charge in [-0.25, -0.2) is 0 Å². The lowest BCUT2D eigenvalue weighted by Gasteiger charge is -2.29. The summed E-state index contributed by atoms with van der Waals surface area (Å²) in [6, 6.07) is 5.27. The first-order chi connectivity index (χ1) is 11.3. The van der Waals surface area contributed by atoms with Gasteiger partial charge in [0.25, 0.3) is 5.91 Å². The molecular weight excluding hydrogens is 325 g/mol. The Balaban J connectivity index is 1.78. The number of aliphatic hydroxyl groups is 1. The lowest BCUT2D eigenvalue weighted by atomic mass is 10.1. The summed E-state index contributed by atoms with van der Waals surface area (Å²) in [5.41, 5.74) is -0.143. The maximum atomic E-state index is 12.3. The maximum Gasteiger partial charge on any atom is 0.573 e. The van der Waals surface area contributed by atoms with Gasteiger partial charge in [0.05, 0.1) is 11.7 Å². The van der Waals surface area contributed by atoms with Crippen LogP contribution in [0, 0.1) is 0 Å². The predicted molar refractivity (Wildman–Crippen MR) is 81.8 cm³/mol. The van der Waals surface area contributed by atoms with E-state index in [4.69, 9.17) is 0 Å². The number of nitrogens with zero attached hydrogens (tertiary/aromatic N) is 1. The first-order valence-electron chi connectivity index (χ1n) is 7.88. The Morgan fingerprint density at radius 2 is 1.96 bits per heavy atom. The highest BCUT2D eigenvalue weighted by Gasteiger charge is 2.32. The Hall–Kier alpha value is -1.80. The molecule has 1 saturated heterocycles. The van der Waals surface area contributed by atoms with Gasteiger partial charge in [-0.3, -0.25) is 4.79 Å². The number of ether oxygens (including phenoxy) is 1. The summed E-state index contributed by atoms with van der Waals surface area (Å²) in [5.74, 6) is -1.10. The van der Waals surface area contributed by atoms with E-state index in [-0.39, 0.29) is 11.7 Å². The Bertz CT molecular complexity index is 544. The van der Waals surface area contributed by atoms with Gasteiger partial charge in [-0.2, -0.15) is 0 Å². The average Bonchev–Trinajstić information content (AvgIpc) is 2.52. The average molecular weight is 346 g/mol. The molecule has 0 radical (unpaired) electrons. The monoisotopic (exact) mass is 346 g/mol. The first-order valence-corrected chi connectivity index (χ1v) is 7.88. The molecule has 8 heteroatoms. The fourth-order valence-corrected chi connectivity index (χ4v) is 2.61. The van der Waals surface area contributed by atoms with E-state index in [0.29, 0.717) is 13.0 Å². The molecule has 0 bridgehead atoms. The summed E-state index contributed by atoms with van der Waals surface area (Å²) < 4.78 is 40.9. The van der Waals surface area contributed by atoms with E-state index in [1.165, 1.54) is 18.2 Å². The summed E-state index contributed by atoms with van der Waals surface area (Å²) in [6.07, 6.45) is -2.89. The van der Waals surface area contributed by atoms with Crippen LogP contribution in [0.3, 0.4) is 0 Å². The van der Waals surface area contributed by atoms with Crippen molar-refractivity contribution in [1.82, 2.24) is 10.2 Å². The minimum Gasteiger partial charge on any atom is -0.405 e. The summed E-state index contributed by atoms with van der Waals surface area (Å²) in [7, 11) is 0. The van der Waals surface area contributed by atoms with E-state index in [0.717, 1.165) is 38.5 Å². The van der Waals surface area contributed by atoms with Gasteiger partial charge in [0.2, 0.25) is 0 Å². The van der Waals surface area contributed by atoms with Crippen molar-refractivity contribution in [3.63, 3.8) is 0 Å². The molecule has 0 atom stereocenters. The van der Waals surface area contributed by atoms with E-state index < -0.39 is 18.0 Å². The van der Waals surface area contributed by atoms with Gasteiger partial charge in [0.1, 0.15) is 5.75 Å². The molecule has 1 fully saturated rings. The molecule has 1 aliphatic heterocycles. The van der Waals surface area contributed by atoms with Crippen LogP contribution in [0.4, 0.5) is 13.2 Å². The van der Waals surface area contributed by atoms with E-state index in [1.807, 2.05) is 0 Å². The number of likely N-dealkylation sites (tertiary alicyclic amines) is 1. The van der Waals surface area contributed by atoms with Crippen molar-refractivity contribution < 1.29 is 27.8 Å². The lowest BCUT2D eigenvalue weighted by Crippen LogP contribution is -2.37. The smallest absolute Gasteiger partial charge is 0.405 e. The van der Waals surface area contributed by atoms with Crippen molar-refractivity contribution in [2.24, 2.45) is 0 Å². The summed E-state index contributed by atoms with van der Waals surface area (Å²) in [5, 5.41) is 12.0. The molecule has 5 nitrogen and oxygen atoms in total. The van der Waals surface area contributed by atoms with Gasteiger partial charge in [-0.05, 0) is 37.9 Å². The van der Waals surface area contributed by atoms with E-state index in [2.05, 4.69) is 15.0 Å². The third kappa shape index (κ3) is 6.01. The van der Waals surface area contributed by atoms with Gasteiger partial charge < -0.3 is 20.1 Å². The number of benzene rings is 1. The van der Waals surface area contributed by atoms with Crippen LogP contribution >= 0.6 is 0 Å². The maximum absolute atomic E-state index is 12.3. The number of alkyl halides is 3. The summed E-state index contributed by atoms with van der Waals surface area (Å²) in [6.45, 7) is 2.76. The fourth-order valence-electron chi connectivity index (χ4n) is 2.61. The minimum atomic E-state index is -4.84. The van der Waals surface area contributed by atoms with Crippen LogP contribution in [0.2, 0.25) is 0 Å². The molecule has 0 saturated carbocycles. The minimum absolute atomic E-state index is 0.143. The molecule has 1 aliphatic rings. The van der Waals surface area contributed by atoms with Gasteiger partial charge in [0.15, 0.2) is 0 Å². The first kappa shape index (κ1) is 18.5. The van der Waals surface area contributed by atoms with Crippen molar-refractivity contribution in [3.8, 4) is 5.75 Å². The standard InChI is InChI=1S/C16H21F3N2O3/c17-16(18,19)24-14-5-2-1-4-13(14)15(23)20-8-3-9-21-10-6-12(22)7-11-21/h1-2,4-5,12,22H,3,6-11H2,(H,20,23). The zero-order valence-electron chi connectivity index (χ0n) is 13.2. The van der Waals surface area contributed by atoms with E-state index in [9.17, 15) is 23.1 Å². The van der Waals surface area contributed by atoms with Crippen LogP contribution in [0.25, 0.3) is 0 Å². The highest BCUT2D eigenvalue weighted by Crippen LogP contribution is 2.26. The van der Waals surface area contributed by atoms with Crippen LogP contribution in [0.5, 0.6) is 5.75 Å². The topological polar surface area (TPSA) is 61.8 Å². The zero-order chi connectivity index (χ0) is 17.6. The number of aliphatic hydroxyl groups excluding tert-OH is 1. The highest BCUT2D eigenvalue weighted by atomic mass is 19.4.